The molecule has 0 saturated carbocycles. The van der Waals surface area contributed by atoms with Crippen LogP contribution in [0.3, 0.4) is 0 Å². The molecule has 3 heteroatoms. The summed E-state index contributed by atoms with van der Waals surface area (Å²) < 4.78 is 5.65. The minimum atomic E-state index is 0.353. The van der Waals surface area contributed by atoms with Gasteiger partial charge in [0.25, 0.3) is 0 Å². The maximum Gasteiger partial charge on any atom is 0.142 e. The van der Waals surface area contributed by atoms with Gasteiger partial charge in [0, 0.05) is 6.54 Å². The van der Waals surface area contributed by atoms with Gasteiger partial charge < -0.3 is 14.7 Å². The van der Waals surface area contributed by atoms with Crippen LogP contribution in [-0.4, -0.2) is 18.3 Å². The summed E-state index contributed by atoms with van der Waals surface area (Å²) in [5, 5.41) is 9.57. The number of rotatable bonds is 2. The van der Waals surface area contributed by atoms with E-state index in [1.807, 2.05) is 37.3 Å². The number of aryl methyl sites for hydroxylation is 1. The maximum atomic E-state index is 9.57. The highest BCUT2D eigenvalue weighted by Gasteiger charge is 2.17. The van der Waals surface area contributed by atoms with Crippen LogP contribution in [0.25, 0.3) is 0 Å². The van der Waals surface area contributed by atoms with Crippen LogP contribution in [0.4, 0.5) is 5.69 Å². The molecule has 1 aliphatic rings. The van der Waals surface area contributed by atoms with E-state index < -0.39 is 0 Å². The number of hydrogen-bond acceptors (Lipinski definition) is 3. The van der Waals surface area contributed by atoms with Gasteiger partial charge in [-0.25, -0.2) is 0 Å². The second-order valence-electron chi connectivity index (χ2n) is 4.86. The van der Waals surface area contributed by atoms with E-state index >= 15 is 0 Å². The second kappa shape index (κ2) is 4.84. The fourth-order valence-electron chi connectivity index (χ4n) is 2.43. The number of aromatic hydroxyl groups is 1. The molecule has 0 unspecified atom stereocenters. The van der Waals surface area contributed by atoms with Crippen molar-refractivity contribution in [3.05, 3.63) is 53.6 Å². The Morgan fingerprint density at radius 3 is 2.89 bits per heavy atom. The number of nitrogens with zero attached hydrogens (tertiary/aromatic N) is 1. The van der Waals surface area contributed by atoms with Crippen LogP contribution in [0.5, 0.6) is 11.5 Å². The highest BCUT2D eigenvalue weighted by molar-refractivity contribution is 5.60. The Morgan fingerprint density at radius 2 is 2.05 bits per heavy atom. The molecule has 2 aromatic rings. The van der Waals surface area contributed by atoms with Crippen molar-refractivity contribution in [3.8, 4) is 11.5 Å². The van der Waals surface area contributed by atoms with Crippen molar-refractivity contribution in [2.24, 2.45) is 0 Å². The quantitative estimate of drug-likeness (QED) is 0.895. The molecule has 0 fully saturated rings. The van der Waals surface area contributed by atoms with Gasteiger partial charge in [-0.2, -0.15) is 0 Å². The summed E-state index contributed by atoms with van der Waals surface area (Å²) in [5.41, 5.74) is 3.26. The van der Waals surface area contributed by atoms with Gasteiger partial charge in [0.05, 0.1) is 12.2 Å². The van der Waals surface area contributed by atoms with Crippen LogP contribution >= 0.6 is 0 Å². The molecule has 0 spiro atoms. The molecule has 1 aliphatic heterocycles. The molecule has 0 bridgehead atoms. The third kappa shape index (κ3) is 2.36. The third-order valence-corrected chi connectivity index (χ3v) is 3.46. The SMILES string of the molecule is Cc1cc(CN2CCOc3ccccc32)ccc1O. The minimum absolute atomic E-state index is 0.353. The smallest absolute Gasteiger partial charge is 0.142 e. The average molecular weight is 255 g/mol. The summed E-state index contributed by atoms with van der Waals surface area (Å²) in [7, 11) is 0. The number of benzene rings is 2. The molecule has 3 nitrogen and oxygen atoms in total. The molecule has 3 rings (SSSR count). The summed E-state index contributed by atoms with van der Waals surface area (Å²) >= 11 is 0. The summed E-state index contributed by atoms with van der Waals surface area (Å²) in [6, 6.07) is 13.9. The second-order valence-corrected chi connectivity index (χ2v) is 4.86. The molecular weight excluding hydrogens is 238 g/mol. The first-order valence-electron chi connectivity index (χ1n) is 6.49. The van der Waals surface area contributed by atoms with E-state index in [2.05, 4.69) is 11.0 Å². The molecule has 1 heterocycles. The number of hydrogen-bond donors (Lipinski definition) is 1. The van der Waals surface area contributed by atoms with Gasteiger partial charge in [-0.05, 0) is 36.2 Å². The number of anilines is 1. The van der Waals surface area contributed by atoms with Crippen LogP contribution in [0.1, 0.15) is 11.1 Å². The molecule has 98 valence electrons. The number of para-hydroxylation sites is 2. The van der Waals surface area contributed by atoms with Crippen LogP contribution in [0.2, 0.25) is 0 Å². The molecule has 0 aliphatic carbocycles. The number of phenolic OH excluding ortho intramolecular Hbond substituents is 1. The Balaban J connectivity index is 1.86. The Bertz CT molecular complexity index is 595. The van der Waals surface area contributed by atoms with E-state index in [0.29, 0.717) is 12.4 Å². The van der Waals surface area contributed by atoms with Gasteiger partial charge >= 0.3 is 0 Å². The first-order chi connectivity index (χ1) is 9.24. The maximum absolute atomic E-state index is 9.57. The first-order valence-corrected chi connectivity index (χ1v) is 6.49. The third-order valence-electron chi connectivity index (χ3n) is 3.46. The average Bonchev–Trinajstić information content (AvgIpc) is 2.43. The van der Waals surface area contributed by atoms with E-state index in [-0.39, 0.29) is 0 Å². The van der Waals surface area contributed by atoms with Crippen molar-refractivity contribution >= 4 is 5.69 Å². The zero-order chi connectivity index (χ0) is 13.2. The van der Waals surface area contributed by atoms with Crippen molar-refractivity contribution in [2.75, 3.05) is 18.1 Å². The van der Waals surface area contributed by atoms with E-state index in [9.17, 15) is 5.11 Å². The van der Waals surface area contributed by atoms with Crippen molar-refractivity contribution in [3.63, 3.8) is 0 Å². The number of phenols is 1. The summed E-state index contributed by atoms with van der Waals surface area (Å²) in [5.74, 6) is 1.30. The van der Waals surface area contributed by atoms with Crippen LogP contribution in [-0.2, 0) is 6.54 Å². The van der Waals surface area contributed by atoms with E-state index in [0.717, 1.165) is 30.1 Å². The van der Waals surface area contributed by atoms with Crippen LogP contribution < -0.4 is 9.64 Å². The van der Waals surface area contributed by atoms with Gasteiger partial charge in [-0.1, -0.05) is 24.3 Å². The molecule has 0 saturated heterocycles. The van der Waals surface area contributed by atoms with Gasteiger partial charge in [0.2, 0.25) is 0 Å². The van der Waals surface area contributed by atoms with Crippen LogP contribution in [0, 0.1) is 6.92 Å². The van der Waals surface area contributed by atoms with E-state index in [1.165, 1.54) is 5.56 Å². The first kappa shape index (κ1) is 11.9. The molecule has 0 aromatic heterocycles. The normalized spacial score (nSPS) is 13.8. The summed E-state index contributed by atoms with van der Waals surface area (Å²) in [6.45, 7) is 4.36. The topological polar surface area (TPSA) is 32.7 Å². The predicted octanol–water partition coefficient (Wildman–Crippen LogP) is 3.10. The lowest BCUT2D eigenvalue weighted by Gasteiger charge is -2.31. The Hall–Kier alpha value is -2.16. The zero-order valence-electron chi connectivity index (χ0n) is 11.0. The lowest BCUT2D eigenvalue weighted by Crippen LogP contribution is -2.32. The predicted molar refractivity (Wildman–Crippen MR) is 75.8 cm³/mol. The Morgan fingerprint density at radius 1 is 1.21 bits per heavy atom. The van der Waals surface area contributed by atoms with Crippen molar-refractivity contribution in [1.29, 1.82) is 0 Å². The van der Waals surface area contributed by atoms with E-state index in [4.69, 9.17) is 4.74 Å². The zero-order valence-corrected chi connectivity index (χ0v) is 11.0. The molecule has 19 heavy (non-hydrogen) atoms. The fraction of sp³-hybridized carbons (Fsp3) is 0.250. The molecule has 0 amide bonds. The molecule has 0 radical (unpaired) electrons. The lowest BCUT2D eigenvalue weighted by molar-refractivity contribution is 0.307. The molecule has 0 atom stereocenters. The highest BCUT2D eigenvalue weighted by Crippen LogP contribution is 2.32. The summed E-state index contributed by atoms with van der Waals surface area (Å²) in [6.07, 6.45) is 0. The standard InChI is InChI=1S/C16H17NO2/c1-12-10-13(6-7-15(12)18)11-17-8-9-19-16-5-3-2-4-14(16)17/h2-7,10,18H,8-9,11H2,1H3. The summed E-state index contributed by atoms with van der Waals surface area (Å²) in [4.78, 5) is 2.31. The van der Waals surface area contributed by atoms with Gasteiger partial charge in [0.15, 0.2) is 0 Å². The van der Waals surface area contributed by atoms with E-state index in [1.54, 1.807) is 6.07 Å². The lowest BCUT2D eigenvalue weighted by atomic mass is 10.1. The fourth-order valence-corrected chi connectivity index (χ4v) is 2.43. The monoisotopic (exact) mass is 255 g/mol. The van der Waals surface area contributed by atoms with Gasteiger partial charge in [-0.15, -0.1) is 0 Å². The van der Waals surface area contributed by atoms with Crippen molar-refractivity contribution in [1.82, 2.24) is 0 Å². The highest BCUT2D eigenvalue weighted by atomic mass is 16.5. The molecular formula is C16H17NO2. The largest absolute Gasteiger partial charge is 0.508 e. The van der Waals surface area contributed by atoms with Gasteiger partial charge in [-0.3, -0.25) is 0 Å². The van der Waals surface area contributed by atoms with Gasteiger partial charge in [0.1, 0.15) is 18.1 Å². The molecule has 2 aromatic carbocycles. The number of ether oxygens (including phenoxy) is 1. The molecule has 1 N–H and O–H groups in total. The van der Waals surface area contributed by atoms with Crippen molar-refractivity contribution in [2.45, 2.75) is 13.5 Å². The van der Waals surface area contributed by atoms with Crippen molar-refractivity contribution < 1.29 is 9.84 Å². The number of fused-ring (bicyclic) bond motifs is 1. The van der Waals surface area contributed by atoms with Crippen LogP contribution in [0.15, 0.2) is 42.5 Å². The Labute approximate surface area is 113 Å². The minimum Gasteiger partial charge on any atom is -0.508 e. The Kier molecular flexibility index (Phi) is 3.03.